The molecular weight excluding hydrogens is 353 g/mol. The summed E-state index contributed by atoms with van der Waals surface area (Å²) >= 11 is 0. The average molecular weight is 366 g/mol. The highest BCUT2D eigenvalue weighted by Crippen LogP contribution is 2.67. The van der Waals surface area contributed by atoms with E-state index in [1.807, 2.05) is 0 Å². The first-order valence-corrected chi connectivity index (χ1v) is 8.17. The van der Waals surface area contributed by atoms with Gasteiger partial charge in [0.25, 0.3) is 0 Å². The predicted molar refractivity (Wildman–Crippen MR) is 58.7 cm³/mol. The molecule has 0 aliphatic heterocycles. The summed E-state index contributed by atoms with van der Waals surface area (Å²) in [5.41, 5.74) is 0. The molecule has 0 bridgehead atoms. The summed E-state index contributed by atoms with van der Waals surface area (Å²) in [6.45, 7) is -1.70. The summed E-state index contributed by atoms with van der Waals surface area (Å²) in [6.07, 6.45) is 3.24. The lowest BCUT2D eigenvalue weighted by Gasteiger charge is -2.27. The minimum atomic E-state index is -5.56. The van der Waals surface area contributed by atoms with Gasteiger partial charge in [0.05, 0.1) is 5.97 Å². The Morgan fingerprint density at radius 2 is 1.71 bits per heavy atom. The Balaban J connectivity index is 0.00000400. The minimum absolute atomic E-state index is 0. The van der Waals surface area contributed by atoms with E-state index in [1.165, 1.54) is 0 Å². The second-order valence-electron chi connectivity index (χ2n) is 3.99. The average Bonchev–Trinajstić information content (AvgIpc) is 2.60. The zero-order valence-corrected chi connectivity index (χ0v) is 12.7. The molecule has 122 valence electrons. The first-order chi connectivity index (χ1) is 8.87. The van der Waals surface area contributed by atoms with Gasteiger partial charge in [-0.25, -0.2) is 9.13 Å². The number of carboxylic acids is 1. The van der Waals surface area contributed by atoms with Gasteiger partial charge < -0.3 is 47.0 Å². The zero-order valence-electron chi connectivity index (χ0n) is 10.2. The molecule has 1 aromatic rings. The summed E-state index contributed by atoms with van der Waals surface area (Å²) in [6, 6.07) is 0. The van der Waals surface area contributed by atoms with Gasteiger partial charge in [0.15, 0.2) is 0 Å². The van der Waals surface area contributed by atoms with Crippen molar-refractivity contribution in [2.45, 2.75) is 18.2 Å². The number of carbonyl (C=O) groups excluding carboxylic acids is 1. The number of aliphatic carboxylic acids is 1. The van der Waals surface area contributed by atoms with Crippen molar-refractivity contribution >= 4 is 21.2 Å². The maximum Gasteiger partial charge on any atom is 0.373 e. The number of aromatic nitrogens is 2. The summed E-state index contributed by atoms with van der Waals surface area (Å²) in [5, 5.41) is 16.4. The number of halogens is 1. The number of nitrogens with zero attached hydrogens (tertiary/aromatic N) is 2. The van der Waals surface area contributed by atoms with Crippen molar-refractivity contribution in [1.29, 1.82) is 0 Å². The first kappa shape index (κ1) is 20.2. The third-order valence-electron chi connectivity index (χ3n) is 2.39. The lowest BCUT2D eigenvalue weighted by atomic mass is 10.6. The summed E-state index contributed by atoms with van der Waals surface area (Å²) in [7, 11) is -11.1. The first-order valence-electron chi connectivity index (χ1n) is 4.95. The predicted octanol–water partition coefficient (Wildman–Crippen LogP) is -6.47. The Hall–Kier alpha value is -0.770. The molecule has 14 heteroatoms. The van der Waals surface area contributed by atoms with Crippen molar-refractivity contribution in [2.75, 3.05) is 0 Å². The molecule has 0 saturated heterocycles. The van der Waals surface area contributed by atoms with E-state index in [2.05, 4.69) is 0 Å². The Labute approximate surface area is 124 Å². The quantitative estimate of drug-likeness (QED) is 0.241. The largest absolute Gasteiger partial charge is 1.00 e. The lowest BCUT2D eigenvalue weighted by molar-refractivity contribution is -0.690. The van der Waals surface area contributed by atoms with Crippen molar-refractivity contribution in [3.8, 4) is 0 Å². The van der Waals surface area contributed by atoms with Crippen LogP contribution in [0.5, 0.6) is 0 Å². The minimum Gasteiger partial charge on any atom is -1.00 e. The second-order valence-corrected chi connectivity index (χ2v) is 8.00. The van der Waals surface area contributed by atoms with E-state index >= 15 is 0 Å². The van der Waals surface area contributed by atoms with E-state index in [0.717, 1.165) is 27.9 Å². The maximum absolute atomic E-state index is 11.1. The van der Waals surface area contributed by atoms with Gasteiger partial charge in [-0.3, -0.25) is 9.13 Å². The Bertz CT molecular complexity index is 583. The number of rotatable bonds is 6. The van der Waals surface area contributed by atoms with Gasteiger partial charge >= 0.3 is 20.3 Å². The molecule has 11 nitrogen and oxygen atoms in total. The third kappa shape index (κ3) is 4.60. The van der Waals surface area contributed by atoms with Crippen LogP contribution in [-0.2, 0) is 27.0 Å². The molecule has 0 aliphatic carbocycles. The topological polar surface area (TPSA) is 184 Å². The third-order valence-corrected chi connectivity index (χ3v) is 6.10. The van der Waals surface area contributed by atoms with Crippen molar-refractivity contribution in [3.63, 3.8) is 0 Å². The van der Waals surface area contributed by atoms with Crippen LogP contribution in [0.15, 0.2) is 18.7 Å². The fraction of sp³-hybridized carbons (Fsp3) is 0.429. The second kappa shape index (κ2) is 6.55. The van der Waals surface area contributed by atoms with Gasteiger partial charge in [0.2, 0.25) is 6.33 Å². The van der Waals surface area contributed by atoms with E-state index in [1.54, 1.807) is 0 Å². The molecule has 1 aromatic heterocycles. The van der Waals surface area contributed by atoms with E-state index in [9.17, 15) is 24.1 Å². The van der Waals surface area contributed by atoms with Crippen molar-refractivity contribution in [3.05, 3.63) is 18.7 Å². The lowest BCUT2D eigenvalue weighted by Crippen LogP contribution is -3.00. The molecule has 0 amide bonds. The highest BCUT2D eigenvalue weighted by Gasteiger charge is 2.61. The van der Waals surface area contributed by atoms with E-state index < -0.39 is 39.3 Å². The molecular formula is C7H12ClN2O9P2-. The highest BCUT2D eigenvalue weighted by molar-refractivity contribution is 7.72. The van der Waals surface area contributed by atoms with Crippen LogP contribution >= 0.6 is 15.2 Å². The monoisotopic (exact) mass is 365 g/mol. The fourth-order valence-electron chi connectivity index (χ4n) is 1.37. The van der Waals surface area contributed by atoms with Crippen LogP contribution in [0.2, 0.25) is 0 Å². The zero-order chi connectivity index (χ0) is 15.8. The van der Waals surface area contributed by atoms with Crippen LogP contribution in [-0.4, -0.2) is 40.3 Å². The number of hydrogen-bond donors (Lipinski definition) is 5. The smallest absolute Gasteiger partial charge is 0.373 e. The molecule has 1 rings (SSSR count). The molecule has 0 spiro atoms. The van der Waals surface area contributed by atoms with E-state index in [0.29, 0.717) is 0 Å². The molecule has 0 aliphatic rings. The number of carboxylic acid groups (broad SMARTS) is 1. The normalized spacial score (nSPS) is 12.8. The highest BCUT2D eigenvalue weighted by atomic mass is 35.5. The summed E-state index contributed by atoms with van der Waals surface area (Å²) in [4.78, 5) is 46.1. The molecule has 0 aromatic carbocycles. The van der Waals surface area contributed by atoms with Crippen LogP contribution in [0.3, 0.4) is 0 Å². The number of imidazole rings is 1. The Kier molecular flexibility index (Phi) is 6.31. The Morgan fingerprint density at radius 1 is 1.24 bits per heavy atom. The van der Waals surface area contributed by atoms with E-state index in [4.69, 9.17) is 19.6 Å². The molecule has 21 heavy (non-hydrogen) atoms. The number of aliphatic hydroxyl groups is 1. The SMILES string of the molecule is O=C([O-])C[n+]1ccn(CC(O)(P(=O)(O)O)P(=O)(O)O)c1.[Cl-]. The standard InChI is InChI=1S/C7H12N2O9P2.ClH/c10-6(11)3-8-1-2-9(5-8)4-7(12,19(13,14)15)20(16,17)18;/h1-2,5,12H,3-4H2,(H4-,10,11,13,14,15,16,17,18);1H/p-1. The van der Waals surface area contributed by atoms with Gasteiger partial charge in [-0.05, 0) is 0 Å². The van der Waals surface area contributed by atoms with Gasteiger partial charge in [-0.1, -0.05) is 0 Å². The summed E-state index contributed by atoms with van der Waals surface area (Å²) in [5.74, 6) is -1.44. The fourth-order valence-corrected chi connectivity index (χ4v) is 3.43. The molecule has 0 atom stereocenters. The Morgan fingerprint density at radius 3 is 2.10 bits per heavy atom. The van der Waals surface area contributed by atoms with Gasteiger partial charge in [-0.2, -0.15) is 0 Å². The number of hydrogen-bond acceptors (Lipinski definition) is 5. The van der Waals surface area contributed by atoms with Crippen LogP contribution in [0.25, 0.3) is 0 Å². The van der Waals surface area contributed by atoms with Crippen molar-refractivity contribution < 1.29 is 60.7 Å². The van der Waals surface area contributed by atoms with Gasteiger partial charge in [-0.15, -0.1) is 0 Å². The molecule has 5 N–H and O–H groups in total. The van der Waals surface area contributed by atoms with Crippen LogP contribution in [0.1, 0.15) is 0 Å². The molecule has 0 saturated carbocycles. The van der Waals surface area contributed by atoms with Crippen LogP contribution in [0, 0.1) is 0 Å². The molecule has 0 fully saturated rings. The molecule has 0 unspecified atom stereocenters. The molecule has 1 heterocycles. The van der Waals surface area contributed by atoms with Crippen molar-refractivity contribution in [2.24, 2.45) is 0 Å². The maximum atomic E-state index is 11.1. The van der Waals surface area contributed by atoms with Crippen LogP contribution < -0.4 is 22.1 Å². The van der Waals surface area contributed by atoms with Gasteiger partial charge in [0, 0.05) is 0 Å². The van der Waals surface area contributed by atoms with E-state index in [-0.39, 0.29) is 12.4 Å². The van der Waals surface area contributed by atoms with Crippen molar-refractivity contribution in [1.82, 2.24) is 4.57 Å². The summed E-state index contributed by atoms with van der Waals surface area (Å²) < 4.78 is 24.1. The number of carbonyl (C=O) groups is 1. The van der Waals surface area contributed by atoms with Crippen LogP contribution in [0.4, 0.5) is 0 Å². The molecule has 0 radical (unpaired) electrons. The van der Waals surface area contributed by atoms with Gasteiger partial charge in [0.1, 0.15) is 25.5 Å².